The molecule has 0 aliphatic rings. The first kappa shape index (κ1) is 14.2. The number of hydrogen-bond acceptors (Lipinski definition) is 6. The van der Waals surface area contributed by atoms with E-state index in [-0.39, 0.29) is 6.10 Å². The van der Waals surface area contributed by atoms with E-state index in [0.29, 0.717) is 17.9 Å². The van der Waals surface area contributed by atoms with Crippen LogP contribution in [0.25, 0.3) is 5.95 Å². The van der Waals surface area contributed by atoms with Crippen LogP contribution in [-0.2, 0) is 0 Å². The molecule has 0 amide bonds. The van der Waals surface area contributed by atoms with Crippen LogP contribution in [0.3, 0.4) is 0 Å². The molecule has 0 bridgehead atoms. The molecule has 0 fully saturated rings. The van der Waals surface area contributed by atoms with Gasteiger partial charge in [-0.15, -0.1) is 0 Å². The second kappa shape index (κ2) is 6.83. The van der Waals surface area contributed by atoms with Gasteiger partial charge in [0.2, 0.25) is 5.95 Å². The van der Waals surface area contributed by atoms with Gasteiger partial charge in [0.15, 0.2) is 0 Å². The third-order valence-corrected chi connectivity index (χ3v) is 2.65. The Hall–Kier alpha value is -2.18. The van der Waals surface area contributed by atoms with Crippen LogP contribution in [0.4, 0.5) is 5.95 Å². The van der Waals surface area contributed by atoms with Crippen molar-refractivity contribution in [2.75, 3.05) is 11.9 Å². The first-order valence-electron chi connectivity index (χ1n) is 6.89. The summed E-state index contributed by atoms with van der Waals surface area (Å²) in [6, 6.07) is 2.14. The Morgan fingerprint density at radius 3 is 2.80 bits per heavy atom. The van der Waals surface area contributed by atoms with E-state index in [4.69, 9.17) is 4.74 Å². The number of hydrogen-bond donors (Lipinski definition) is 1. The number of anilines is 1. The third-order valence-electron chi connectivity index (χ3n) is 2.65. The minimum atomic E-state index is 0.0716. The maximum absolute atomic E-state index is 5.74. The van der Waals surface area contributed by atoms with Crippen molar-refractivity contribution in [1.29, 1.82) is 0 Å². The first-order valence-corrected chi connectivity index (χ1v) is 6.89. The number of rotatable bonds is 7. The van der Waals surface area contributed by atoms with Gasteiger partial charge in [-0.1, -0.05) is 13.3 Å². The third kappa shape index (κ3) is 3.66. The van der Waals surface area contributed by atoms with Crippen LogP contribution in [0.15, 0.2) is 18.5 Å². The van der Waals surface area contributed by atoms with Gasteiger partial charge in [0.1, 0.15) is 0 Å². The van der Waals surface area contributed by atoms with Crippen LogP contribution >= 0.6 is 0 Å². The molecule has 108 valence electrons. The molecule has 2 aromatic rings. The number of aromatic nitrogens is 5. The van der Waals surface area contributed by atoms with Crippen molar-refractivity contribution in [1.82, 2.24) is 24.7 Å². The lowest BCUT2D eigenvalue weighted by Crippen LogP contribution is -2.16. The Labute approximate surface area is 118 Å². The van der Waals surface area contributed by atoms with Gasteiger partial charge in [-0.05, 0) is 26.3 Å². The summed E-state index contributed by atoms with van der Waals surface area (Å²) < 4.78 is 7.32. The number of ether oxygens (including phenoxy) is 1. The zero-order valence-electron chi connectivity index (χ0n) is 12.1. The molecule has 0 radical (unpaired) electrons. The smallest absolute Gasteiger partial charge is 0.323 e. The lowest BCUT2D eigenvalue weighted by molar-refractivity contribution is 0.192. The van der Waals surface area contributed by atoms with Gasteiger partial charge in [0, 0.05) is 18.9 Å². The summed E-state index contributed by atoms with van der Waals surface area (Å²) in [4.78, 5) is 12.9. The van der Waals surface area contributed by atoms with E-state index < -0.39 is 0 Å². The minimum Gasteiger partial charge on any atom is -0.460 e. The van der Waals surface area contributed by atoms with E-state index in [9.17, 15) is 0 Å². The van der Waals surface area contributed by atoms with Gasteiger partial charge < -0.3 is 10.1 Å². The van der Waals surface area contributed by atoms with Gasteiger partial charge >= 0.3 is 6.01 Å². The average molecular weight is 276 g/mol. The van der Waals surface area contributed by atoms with Crippen molar-refractivity contribution in [2.24, 2.45) is 0 Å². The Bertz CT molecular complexity index is 528. The molecule has 20 heavy (non-hydrogen) atoms. The summed E-state index contributed by atoms with van der Waals surface area (Å²) in [5.74, 6) is 0.936. The van der Waals surface area contributed by atoms with E-state index in [1.165, 1.54) is 0 Å². The predicted octanol–water partition coefficient (Wildman–Crippen LogP) is 2.06. The largest absolute Gasteiger partial charge is 0.460 e. The molecule has 2 rings (SSSR count). The van der Waals surface area contributed by atoms with Gasteiger partial charge in [-0.25, -0.2) is 4.68 Å². The van der Waals surface area contributed by atoms with Crippen molar-refractivity contribution in [3.05, 3.63) is 18.5 Å². The molecule has 0 aliphatic carbocycles. The van der Waals surface area contributed by atoms with Gasteiger partial charge in [0.25, 0.3) is 5.95 Å². The minimum absolute atomic E-state index is 0.0716. The fourth-order valence-corrected chi connectivity index (χ4v) is 1.77. The van der Waals surface area contributed by atoms with Gasteiger partial charge in [-0.3, -0.25) is 0 Å². The summed E-state index contributed by atoms with van der Waals surface area (Å²) in [5.41, 5.74) is 0. The van der Waals surface area contributed by atoms with Crippen LogP contribution in [0.2, 0.25) is 0 Å². The van der Waals surface area contributed by atoms with E-state index >= 15 is 0 Å². The van der Waals surface area contributed by atoms with E-state index in [1.54, 1.807) is 17.1 Å². The van der Waals surface area contributed by atoms with Crippen LogP contribution in [0.1, 0.15) is 33.6 Å². The number of nitrogens with one attached hydrogen (secondary N) is 1. The van der Waals surface area contributed by atoms with Crippen LogP contribution in [-0.4, -0.2) is 37.4 Å². The zero-order chi connectivity index (χ0) is 14.4. The van der Waals surface area contributed by atoms with E-state index in [2.05, 4.69) is 32.3 Å². The fourth-order valence-electron chi connectivity index (χ4n) is 1.77. The lowest BCUT2D eigenvalue weighted by atomic mass is 10.2. The maximum atomic E-state index is 5.74. The monoisotopic (exact) mass is 276 g/mol. The van der Waals surface area contributed by atoms with Gasteiger partial charge in [-0.2, -0.15) is 20.1 Å². The van der Waals surface area contributed by atoms with Crippen molar-refractivity contribution >= 4 is 5.95 Å². The number of nitrogens with zero attached hydrogens (tertiary/aromatic N) is 5. The van der Waals surface area contributed by atoms with Crippen LogP contribution < -0.4 is 10.1 Å². The van der Waals surface area contributed by atoms with Crippen LogP contribution in [0.5, 0.6) is 6.01 Å². The molecule has 0 saturated carbocycles. The topological polar surface area (TPSA) is 77.8 Å². The first-order chi connectivity index (χ1) is 9.72. The summed E-state index contributed by atoms with van der Waals surface area (Å²) in [6.07, 6.45) is 5.54. The molecule has 0 spiro atoms. The SMILES string of the molecule is CCCC(C)Oc1nc(NCC)nc(-n2cccn2)n1. The Morgan fingerprint density at radius 2 is 2.15 bits per heavy atom. The van der Waals surface area contributed by atoms with Crippen LogP contribution in [0, 0.1) is 0 Å². The molecule has 2 aromatic heterocycles. The Morgan fingerprint density at radius 1 is 1.30 bits per heavy atom. The molecular formula is C13H20N6O. The van der Waals surface area contributed by atoms with Crippen molar-refractivity contribution in [2.45, 2.75) is 39.7 Å². The molecular weight excluding hydrogens is 256 g/mol. The summed E-state index contributed by atoms with van der Waals surface area (Å²) in [6.45, 7) is 6.84. The molecule has 0 aromatic carbocycles. The average Bonchev–Trinajstić information content (AvgIpc) is 2.93. The van der Waals surface area contributed by atoms with Crippen molar-refractivity contribution in [3.8, 4) is 12.0 Å². The quantitative estimate of drug-likeness (QED) is 0.834. The Kier molecular flexibility index (Phi) is 4.86. The van der Waals surface area contributed by atoms with E-state index in [1.807, 2.05) is 19.9 Å². The van der Waals surface area contributed by atoms with Crippen molar-refractivity contribution in [3.63, 3.8) is 0 Å². The predicted molar refractivity (Wildman–Crippen MR) is 76.1 cm³/mol. The molecule has 7 nitrogen and oxygen atoms in total. The second-order valence-corrected chi connectivity index (χ2v) is 4.44. The zero-order valence-corrected chi connectivity index (χ0v) is 12.1. The molecule has 0 saturated heterocycles. The standard InChI is InChI=1S/C13H20N6O/c1-4-7-10(3)20-13-17-11(14-5-2)16-12(18-13)19-9-6-8-15-19/h6,8-10H,4-5,7H2,1-3H3,(H,14,16,17,18). The highest BCUT2D eigenvalue weighted by atomic mass is 16.5. The molecule has 1 unspecified atom stereocenters. The highest BCUT2D eigenvalue weighted by molar-refractivity contribution is 5.29. The molecule has 2 heterocycles. The highest BCUT2D eigenvalue weighted by Crippen LogP contribution is 2.13. The molecule has 1 N–H and O–H groups in total. The lowest BCUT2D eigenvalue weighted by Gasteiger charge is -2.13. The summed E-state index contributed by atoms with van der Waals surface area (Å²) in [7, 11) is 0. The molecule has 1 atom stereocenters. The maximum Gasteiger partial charge on any atom is 0.323 e. The fraction of sp³-hybridized carbons (Fsp3) is 0.538. The second-order valence-electron chi connectivity index (χ2n) is 4.44. The summed E-state index contributed by atoms with van der Waals surface area (Å²) >= 11 is 0. The van der Waals surface area contributed by atoms with Crippen molar-refractivity contribution < 1.29 is 4.74 Å². The van der Waals surface area contributed by atoms with Gasteiger partial charge in [0.05, 0.1) is 6.10 Å². The summed E-state index contributed by atoms with van der Waals surface area (Å²) in [5, 5.41) is 7.20. The molecule has 7 heteroatoms. The Balaban J connectivity index is 2.26. The van der Waals surface area contributed by atoms with E-state index in [0.717, 1.165) is 19.4 Å². The molecule has 0 aliphatic heterocycles. The highest BCUT2D eigenvalue weighted by Gasteiger charge is 2.11. The normalized spacial score (nSPS) is 12.2.